The van der Waals surface area contributed by atoms with E-state index in [9.17, 15) is 18.7 Å². The number of hydrogen-bond donors (Lipinski definition) is 2. The molecule has 1 aromatic rings. The summed E-state index contributed by atoms with van der Waals surface area (Å²) in [6.07, 6.45) is 1.03. The van der Waals surface area contributed by atoms with E-state index in [4.69, 9.17) is 0 Å². The van der Waals surface area contributed by atoms with E-state index in [1.807, 2.05) is 6.92 Å². The smallest absolute Gasteiger partial charge is 0.352 e. The highest BCUT2D eigenvalue weighted by atomic mass is 19.3. The lowest BCUT2D eigenvalue weighted by molar-refractivity contribution is -0.212. The first-order valence-electron chi connectivity index (χ1n) is 6.25. The van der Waals surface area contributed by atoms with Gasteiger partial charge in [0.1, 0.15) is 11.4 Å². The van der Waals surface area contributed by atoms with Crippen LogP contribution in [0.25, 0.3) is 0 Å². The van der Waals surface area contributed by atoms with Crippen molar-refractivity contribution in [3.05, 3.63) is 11.8 Å². The van der Waals surface area contributed by atoms with E-state index in [1.54, 1.807) is 13.1 Å². The summed E-state index contributed by atoms with van der Waals surface area (Å²) in [5.74, 6) is -5.08. The lowest BCUT2D eigenvalue weighted by Gasteiger charge is -2.41. The first kappa shape index (κ1) is 13.9. The van der Waals surface area contributed by atoms with Crippen LogP contribution in [0, 0.1) is 0 Å². The Kier molecular flexibility index (Phi) is 3.34. The van der Waals surface area contributed by atoms with Gasteiger partial charge in [-0.25, -0.2) is 0 Å². The summed E-state index contributed by atoms with van der Waals surface area (Å²) in [5.41, 5.74) is -1.51. The third kappa shape index (κ3) is 2.22. The monoisotopic (exact) mass is 273 g/mol. The molecule has 1 aromatic heterocycles. The molecule has 2 rings (SSSR count). The van der Waals surface area contributed by atoms with Crippen LogP contribution in [-0.4, -0.2) is 32.3 Å². The number of nitrogens with zero attached hydrogens (tertiary/aromatic N) is 2. The molecule has 0 spiro atoms. The number of amides is 1. The molecule has 1 aliphatic rings. The summed E-state index contributed by atoms with van der Waals surface area (Å²) >= 11 is 0. The number of carbonyl (C=O) groups excluding carboxylic acids is 1. The number of anilines is 1. The van der Waals surface area contributed by atoms with Crippen LogP contribution in [0.2, 0.25) is 0 Å². The largest absolute Gasteiger partial charge is 0.383 e. The molecule has 1 amide bonds. The van der Waals surface area contributed by atoms with Crippen LogP contribution >= 0.6 is 0 Å². The molecule has 2 N–H and O–H groups in total. The van der Waals surface area contributed by atoms with Gasteiger partial charge in [0.05, 0.1) is 5.69 Å². The quantitative estimate of drug-likeness (QED) is 0.873. The van der Waals surface area contributed by atoms with E-state index in [2.05, 4.69) is 10.4 Å². The lowest BCUT2D eigenvalue weighted by Crippen LogP contribution is -2.59. The van der Waals surface area contributed by atoms with E-state index in [0.717, 1.165) is 0 Å². The van der Waals surface area contributed by atoms with E-state index >= 15 is 0 Å². The van der Waals surface area contributed by atoms with Gasteiger partial charge in [0.15, 0.2) is 0 Å². The van der Waals surface area contributed by atoms with Crippen molar-refractivity contribution >= 4 is 11.7 Å². The fraction of sp³-hybridized carbons (Fsp3) is 0.667. The zero-order chi connectivity index (χ0) is 14.3. The maximum absolute atomic E-state index is 13.9. The standard InChI is InChI=1S/C12H17F2N3O2/c1-3-8-7-9(17(2)16-8)15-10(18)12(13,14)11(19)5-4-6-11/h7,19H,3-6H2,1-2H3,(H,15,18). The predicted molar refractivity (Wildman–Crippen MR) is 65.0 cm³/mol. The topological polar surface area (TPSA) is 67.2 Å². The van der Waals surface area contributed by atoms with E-state index < -0.39 is 17.4 Å². The molecule has 1 heterocycles. The Balaban J connectivity index is 2.14. The summed E-state index contributed by atoms with van der Waals surface area (Å²) in [4.78, 5) is 11.7. The second-order valence-electron chi connectivity index (χ2n) is 4.91. The third-order valence-electron chi connectivity index (χ3n) is 3.58. The number of nitrogens with one attached hydrogen (secondary N) is 1. The summed E-state index contributed by atoms with van der Waals surface area (Å²) in [6, 6.07) is 1.54. The zero-order valence-corrected chi connectivity index (χ0v) is 10.9. The van der Waals surface area contributed by atoms with Gasteiger partial charge < -0.3 is 10.4 Å². The summed E-state index contributed by atoms with van der Waals surface area (Å²) < 4.78 is 29.1. The fourth-order valence-electron chi connectivity index (χ4n) is 2.05. The van der Waals surface area contributed by atoms with Gasteiger partial charge in [-0.15, -0.1) is 0 Å². The number of rotatable bonds is 4. The molecule has 1 fully saturated rings. The molecule has 7 heteroatoms. The van der Waals surface area contributed by atoms with Crippen molar-refractivity contribution in [2.45, 2.75) is 44.1 Å². The molecule has 19 heavy (non-hydrogen) atoms. The minimum absolute atomic E-state index is 0.0565. The number of halogens is 2. The van der Waals surface area contributed by atoms with Gasteiger partial charge in [0.25, 0.3) is 5.91 Å². The Labute approximate surface area is 109 Å². The zero-order valence-electron chi connectivity index (χ0n) is 10.9. The predicted octanol–water partition coefficient (Wildman–Crippen LogP) is 1.47. The molecule has 1 aliphatic carbocycles. The number of aromatic nitrogens is 2. The van der Waals surface area contributed by atoms with Crippen LogP contribution in [-0.2, 0) is 18.3 Å². The van der Waals surface area contributed by atoms with Gasteiger partial charge in [-0.3, -0.25) is 9.48 Å². The van der Waals surface area contributed by atoms with Crippen molar-refractivity contribution in [3.63, 3.8) is 0 Å². The molecular formula is C12H17F2N3O2. The van der Waals surface area contributed by atoms with E-state index in [0.29, 0.717) is 18.5 Å². The highest BCUT2D eigenvalue weighted by Gasteiger charge is 2.61. The van der Waals surface area contributed by atoms with Crippen LogP contribution in [0.15, 0.2) is 6.07 Å². The average Bonchev–Trinajstić information content (AvgIpc) is 2.67. The second-order valence-corrected chi connectivity index (χ2v) is 4.91. The molecule has 0 saturated heterocycles. The lowest BCUT2D eigenvalue weighted by atomic mass is 9.75. The molecule has 0 aliphatic heterocycles. The molecule has 0 aromatic carbocycles. The SMILES string of the molecule is CCc1cc(NC(=O)C(F)(F)C2(O)CCC2)n(C)n1. The molecule has 0 bridgehead atoms. The first-order valence-corrected chi connectivity index (χ1v) is 6.25. The van der Waals surface area contributed by atoms with Gasteiger partial charge >= 0.3 is 5.92 Å². The van der Waals surface area contributed by atoms with Crippen molar-refractivity contribution in [1.29, 1.82) is 0 Å². The molecular weight excluding hydrogens is 256 g/mol. The number of alkyl halides is 2. The number of carbonyl (C=O) groups is 1. The van der Waals surface area contributed by atoms with Gasteiger partial charge in [0, 0.05) is 13.1 Å². The maximum atomic E-state index is 13.9. The van der Waals surface area contributed by atoms with Crippen molar-refractivity contribution in [2.24, 2.45) is 7.05 Å². The van der Waals surface area contributed by atoms with Crippen LogP contribution < -0.4 is 5.32 Å². The van der Waals surface area contributed by atoms with Crippen molar-refractivity contribution in [1.82, 2.24) is 9.78 Å². The van der Waals surface area contributed by atoms with Crippen molar-refractivity contribution in [2.75, 3.05) is 5.32 Å². The molecule has 1 saturated carbocycles. The molecule has 0 radical (unpaired) electrons. The maximum Gasteiger partial charge on any atom is 0.352 e. The third-order valence-corrected chi connectivity index (χ3v) is 3.58. The van der Waals surface area contributed by atoms with Crippen molar-refractivity contribution in [3.8, 4) is 0 Å². The molecule has 0 unspecified atom stereocenters. The minimum Gasteiger partial charge on any atom is -0.383 e. The summed E-state index contributed by atoms with van der Waals surface area (Å²) in [5, 5.41) is 15.9. The van der Waals surface area contributed by atoms with Crippen LogP contribution in [0.4, 0.5) is 14.6 Å². The Hall–Kier alpha value is -1.50. The van der Waals surface area contributed by atoms with Gasteiger partial charge in [-0.2, -0.15) is 13.9 Å². The Bertz CT molecular complexity index is 495. The number of hydrogen-bond acceptors (Lipinski definition) is 3. The fourth-order valence-corrected chi connectivity index (χ4v) is 2.05. The number of aryl methyl sites for hydroxylation is 2. The highest BCUT2D eigenvalue weighted by molar-refractivity contribution is 5.96. The summed E-state index contributed by atoms with van der Waals surface area (Å²) in [7, 11) is 1.56. The van der Waals surface area contributed by atoms with Gasteiger partial charge in [0.2, 0.25) is 0 Å². The Morgan fingerprint density at radius 3 is 2.68 bits per heavy atom. The minimum atomic E-state index is -3.79. The Morgan fingerprint density at radius 1 is 1.63 bits per heavy atom. The van der Waals surface area contributed by atoms with Crippen LogP contribution in [0.3, 0.4) is 0 Å². The van der Waals surface area contributed by atoms with Gasteiger partial charge in [-0.05, 0) is 25.7 Å². The molecule has 106 valence electrons. The number of aliphatic hydroxyl groups is 1. The normalized spacial score (nSPS) is 17.9. The highest BCUT2D eigenvalue weighted by Crippen LogP contribution is 2.44. The van der Waals surface area contributed by atoms with Gasteiger partial charge in [-0.1, -0.05) is 6.92 Å². The van der Waals surface area contributed by atoms with Crippen LogP contribution in [0.5, 0.6) is 0 Å². The second kappa shape index (κ2) is 4.56. The van der Waals surface area contributed by atoms with E-state index in [-0.39, 0.29) is 18.7 Å². The van der Waals surface area contributed by atoms with Crippen molar-refractivity contribution < 1.29 is 18.7 Å². The Morgan fingerprint density at radius 2 is 2.26 bits per heavy atom. The first-order chi connectivity index (χ1) is 8.80. The molecule has 5 nitrogen and oxygen atoms in total. The van der Waals surface area contributed by atoms with Crippen LogP contribution in [0.1, 0.15) is 31.9 Å². The van der Waals surface area contributed by atoms with E-state index in [1.165, 1.54) is 4.68 Å². The average molecular weight is 273 g/mol. The molecule has 0 atom stereocenters. The summed E-state index contributed by atoms with van der Waals surface area (Å²) in [6.45, 7) is 1.87.